The molecule has 0 radical (unpaired) electrons. The van der Waals surface area contributed by atoms with Crippen molar-refractivity contribution in [3.63, 3.8) is 0 Å². The summed E-state index contributed by atoms with van der Waals surface area (Å²) in [4.78, 5) is 24.8. The summed E-state index contributed by atoms with van der Waals surface area (Å²) in [5.41, 5.74) is 1.30. The molecule has 2 aromatic carbocycles. The van der Waals surface area contributed by atoms with Crippen molar-refractivity contribution in [2.24, 2.45) is 0 Å². The van der Waals surface area contributed by atoms with Crippen LogP contribution in [-0.2, 0) is 15.8 Å². The molecular weight excluding hydrogens is 454 g/mol. The third-order valence-electron chi connectivity index (χ3n) is 5.18. The molecular formula is C21H25N3O6S2. The molecule has 1 saturated heterocycles. The van der Waals surface area contributed by atoms with Gasteiger partial charge < -0.3 is 9.64 Å². The van der Waals surface area contributed by atoms with E-state index in [-0.39, 0.29) is 42.7 Å². The van der Waals surface area contributed by atoms with Gasteiger partial charge in [0, 0.05) is 43.6 Å². The summed E-state index contributed by atoms with van der Waals surface area (Å²) >= 11 is 1.81. The molecule has 32 heavy (non-hydrogen) atoms. The highest BCUT2D eigenvalue weighted by molar-refractivity contribution is 7.98. The van der Waals surface area contributed by atoms with Crippen LogP contribution in [0.25, 0.3) is 0 Å². The molecule has 1 aliphatic heterocycles. The van der Waals surface area contributed by atoms with Crippen LogP contribution < -0.4 is 4.74 Å². The van der Waals surface area contributed by atoms with Crippen LogP contribution >= 0.6 is 11.8 Å². The minimum absolute atomic E-state index is 0.0105. The predicted molar refractivity (Wildman–Crippen MR) is 123 cm³/mol. The number of hydrogen-bond acceptors (Lipinski definition) is 7. The highest BCUT2D eigenvalue weighted by atomic mass is 32.2. The largest absolute Gasteiger partial charge is 0.490 e. The molecule has 0 aromatic heterocycles. The number of sulfonamides is 1. The first-order valence-corrected chi connectivity index (χ1v) is 12.7. The molecule has 0 spiro atoms. The molecule has 1 heterocycles. The van der Waals surface area contributed by atoms with Crippen molar-refractivity contribution in [1.82, 2.24) is 9.21 Å². The van der Waals surface area contributed by atoms with Crippen molar-refractivity contribution in [3.8, 4) is 5.75 Å². The summed E-state index contributed by atoms with van der Waals surface area (Å²) in [6.07, 6.45) is 0. The van der Waals surface area contributed by atoms with E-state index in [0.29, 0.717) is 5.56 Å². The lowest BCUT2D eigenvalue weighted by Crippen LogP contribution is -2.50. The van der Waals surface area contributed by atoms with Gasteiger partial charge in [0.1, 0.15) is 0 Å². The third-order valence-corrected chi connectivity index (χ3v) is 8.02. The summed E-state index contributed by atoms with van der Waals surface area (Å²) < 4.78 is 32.2. The molecule has 0 N–H and O–H groups in total. The van der Waals surface area contributed by atoms with Crippen molar-refractivity contribution in [3.05, 3.63) is 63.7 Å². The number of nitro benzene ring substituents is 1. The second-order valence-electron chi connectivity index (χ2n) is 7.12. The Morgan fingerprint density at radius 3 is 2.34 bits per heavy atom. The number of nitro groups is 1. The topological polar surface area (TPSA) is 110 Å². The third kappa shape index (κ3) is 5.22. The minimum Gasteiger partial charge on any atom is -0.490 e. The Hall–Kier alpha value is -2.63. The summed E-state index contributed by atoms with van der Waals surface area (Å²) in [6, 6.07) is 11.0. The molecule has 0 unspecified atom stereocenters. The number of ether oxygens (including phenoxy) is 1. The van der Waals surface area contributed by atoms with Gasteiger partial charge in [0.2, 0.25) is 10.0 Å². The Labute approximate surface area is 191 Å². The van der Waals surface area contributed by atoms with E-state index in [1.54, 1.807) is 28.8 Å². The molecule has 0 atom stereocenters. The fourth-order valence-electron chi connectivity index (χ4n) is 3.40. The van der Waals surface area contributed by atoms with Crippen molar-refractivity contribution >= 4 is 33.4 Å². The zero-order chi connectivity index (χ0) is 23.3. The molecule has 172 valence electrons. The van der Waals surface area contributed by atoms with Crippen molar-refractivity contribution in [2.45, 2.75) is 17.6 Å². The van der Waals surface area contributed by atoms with Crippen LogP contribution in [0.5, 0.6) is 5.75 Å². The zero-order valence-electron chi connectivity index (χ0n) is 17.9. The summed E-state index contributed by atoms with van der Waals surface area (Å²) in [5.74, 6) is 1.77. The van der Waals surface area contributed by atoms with Gasteiger partial charge in [-0.25, -0.2) is 8.42 Å². The maximum absolute atomic E-state index is 13.0. The van der Waals surface area contributed by atoms with E-state index in [0.717, 1.165) is 23.1 Å². The van der Waals surface area contributed by atoms with Crippen LogP contribution in [0.3, 0.4) is 0 Å². The smallest absolute Gasteiger partial charge is 0.312 e. The number of thioether (sulfide) groups is 1. The van der Waals surface area contributed by atoms with E-state index in [9.17, 15) is 23.3 Å². The van der Waals surface area contributed by atoms with E-state index in [4.69, 9.17) is 4.74 Å². The van der Waals surface area contributed by atoms with Crippen molar-refractivity contribution in [2.75, 3.05) is 39.0 Å². The second-order valence-corrected chi connectivity index (χ2v) is 10.3. The molecule has 2 aromatic rings. The second kappa shape index (κ2) is 10.3. The monoisotopic (exact) mass is 479 g/mol. The number of carbonyl (C=O) groups is 1. The normalized spacial score (nSPS) is 14.9. The van der Waals surface area contributed by atoms with Crippen LogP contribution in [0.2, 0.25) is 0 Å². The molecule has 3 rings (SSSR count). The Morgan fingerprint density at radius 2 is 1.78 bits per heavy atom. The Balaban J connectivity index is 1.67. The predicted octanol–water partition coefficient (Wildman–Crippen LogP) is 3.00. The van der Waals surface area contributed by atoms with E-state index < -0.39 is 20.6 Å². The van der Waals surface area contributed by atoms with Crippen LogP contribution in [0.1, 0.15) is 22.8 Å². The molecule has 0 saturated carbocycles. The van der Waals surface area contributed by atoms with Crippen LogP contribution in [-0.4, -0.2) is 67.5 Å². The minimum atomic E-state index is -3.94. The summed E-state index contributed by atoms with van der Waals surface area (Å²) in [6.45, 7) is 2.80. The van der Waals surface area contributed by atoms with Gasteiger partial charge in [0.15, 0.2) is 5.75 Å². The number of methoxy groups -OCH3 is 1. The molecule has 11 heteroatoms. The average Bonchev–Trinajstić information content (AvgIpc) is 2.82. The SMILES string of the molecule is CCSCc1ccc(C(=O)N2CCN(S(=O)(=O)c3ccc(OC)c([N+](=O)[O-])c3)CC2)cc1. The van der Waals surface area contributed by atoms with Gasteiger partial charge in [0.05, 0.1) is 16.9 Å². The number of hydrogen-bond donors (Lipinski definition) is 0. The fourth-order valence-corrected chi connectivity index (χ4v) is 5.47. The van der Waals surface area contributed by atoms with Gasteiger partial charge in [-0.05, 0) is 35.6 Å². The van der Waals surface area contributed by atoms with Gasteiger partial charge in [0.25, 0.3) is 5.91 Å². The number of benzene rings is 2. The Kier molecular flexibility index (Phi) is 7.75. The van der Waals surface area contributed by atoms with Gasteiger partial charge in [-0.1, -0.05) is 19.1 Å². The van der Waals surface area contributed by atoms with Gasteiger partial charge in [-0.2, -0.15) is 16.1 Å². The lowest BCUT2D eigenvalue weighted by atomic mass is 10.1. The van der Waals surface area contributed by atoms with E-state index in [1.165, 1.54) is 23.5 Å². The molecule has 1 fully saturated rings. The molecule has 0 aliphatic carbocycles. The van der Waals surface area contributed by atoms with Crippen molar-refractivity contribution in [1.29, 1.82) is 0 Å². The van der Waals surface area contributed by atoms with E-state index in [1.807, 2.05) is 12.1 Å². The first kappa shape index (κ1) is 24.0. The quantitative estimate of drug-likeness (QED) is 0.423. The van der Waals surface area contributed by atoms with Gasteiger partial charge in [-0.15, -0.1) is 0 Å². The lowest BCUT2D eigenvalue weighted by Gasteiger charge is -2.34. The van der Waals surface area contributed by atoms with E-state index in [2.05, 4.69) is 6.92 Å². The number of nitrogens with zero attached hydrogens (tertiary/aromatic N) is 3. The highest BCUT2D eigenvalue weighted by Gasteiger charge is 2.32. The van der Waals surface area contributed by atoms with Gasteiger partial charge >= 0.3 is 5.69 Å². The average molecular weight is 480 g/mol. The zero-order valence-corrected chi connectivity index (χ0v) is 19.5. The Morgan fingerprint density at radius 1 is 1.12 bits per heavy atom. The first-order valence-electron chi connectivity index (χ1n) is 10.1. The number of rotatable bonds is 8. The van der Waals surface area contributed by atoms with Crippen LogP contribution in [0.4, 0.5) is 5.69 Å². The van der Waals surface area contributed by atoms with Crippen LogP contribution in [0, 0.1) is 10.1 Å². The van der Waals surface area contributed by atoms with E-state index >= 15 is 0 Å². The molecule has 9 nitrogen and oxygen atoms in total. The maximum Gasteiger partial charge on any atom is 0.312 e. The fraction of sp³-hybridized carbons (Fsp3) is 0.381. The van der Waals surface area contributed by atoms with Crippen molar-refractivity contribution < 1.29 is 22.9 Å². The Bertz CT molecular complexity index is 1080. The lowest BCUT2D eigenvalue weighted by molar-refractivity contribution is -0.386. The summed E-state index contributed by atoms with van der Waals surface area (Å²) in [5, 5.41) is 11.2. The van der Waals surface area contributed by atoms with Crippen LogP contribution in [0.15, 0.2) is 47.4 Å². The standard InChI is InChI=1S/C21H25N3O6S2/c1-3-31-15-16-4-6-17(7-5-16)21(25)22-10-12-23(13-11-22)32(28,29)18-8-9-20(30-2)19(14-18)24(26)27/h4-9,14H,3,10-13,15H2,1-2H3. The first-order chi connectivity index (χ1) is 15.3. The van der Waals surface area contributed by atoms with Gasteiger partial charge in [-0.3, -0.25) is 14.9 Å². The molecule has 1 amide bonds. The maximum atomic E-state index is 13.0. The number of amides is 1. The molecule has 0 bridgehead atoms. The molecule has 1 aliphatic rings. The highest BCUT2D eigenvalue weighted by Crippen LogP contribution is 2.31. The summed E-state index contributed by atoms with van der Waals surface area (Å²) in [7, 11) is -2.66. The number of piperazine rings is 1. The number of carbonyl (C=O) groups excluding carboxylic acids is 1.